The van der Waals surface area contributed by atoms with E-state index in [0.717, 1.165) is 0 Å². The standard InChI is InChI=1S/C24H29Cl2F3N6O2/c25-18-4-3-16(19(26)13-18)12-20(33-21(36)5-6-30)23(37)35-10-8-34(9-11-35)22-17(2-1-7-32-22)14-31-15-24(27,28)29/h1-4,7,13,20,31H,5-6,8-12,14-15,30H2,(H,33,36)/t20-/m1/s1. The summed E-state index contributed by atoms with van der Waals surface area (Å²) in [6.07, 6.45) is -2.46. The lowest BCUT2D eigenvalue weighted by Gasteiger charge is -2.37. The summed E-state index contributed by atoms with van der Waals surface area (Å²) in [5, 5.41) is 6.02. The molecule has 2 aromatic rings. The van der Waals surface area contributed by atoms with E-state index in [-0.39, 0.29) is 37.7 Å². The largest absolute Gasteiger partial charge is 0.401 e. The topological polar surface area (TPSA) is 104 Å². The highest BCUT2D eigenvalue weighted by molar-refractivity contribution is 6.35. The van der Waals surface area contributed by atoms with Crippen LogP contribution in [0, 0.1) is 0 Å². The van der Waals surface area contributed by atoms with Gasteiger partial charge in [0.1, 0.15) is 11.9 Å². The van der Waals surface area contributed by atoms with Crippen LogP contribution >= 0.6 is 23.2 Å². The highest BCUT2D eigenvalue weighted by Gasteiger charge is 2.30. The Bertz CT molecular complexity index is 1080. The summed E-state index contributed by atoms with van der Waals surface area (Å²) in [4.78, 5) is 33.7. The third kappa shape index (κ3) is 8.74. The van der Waals surface area contributed by atoms with Crippen molar-refractivity contribution in [1.29, 1.82) is 0 Å². The smallest absolute Gasteiger partial charge is 0.353 e. The number of carbonyl (C=O) groups excluding carboxylic acids is 2. The number of benzene rings is 1. The van der Waals surface area contributed by atoms with E-state index in [1.807, 2.05) is 4.90 Å². The molecule has 3 rings (SSSR count). The summed E-state index contributed by atoms with van der Waals surface area (Å²) < 4.78 is 37.6. The zero-order chi connectivity index (χ0) is 27.0. The number of anilines is 1. The second-order valence-corrected chi connectivity index (χ2v) is 9.46. The van der Waals surface area contributed by atoms with Gasteiger partial charge in [-0.25, -0.2) is 4.98 Å². The minimum absolute atomic E-state index is 0.0128. The number of rotatable bonds is 10. The molecular weight excluding hydrogens is 532 g/mol. The Morgan fingerprint density at radius 2 is 1.84 bits per heavy atom. The predicted molar refractivity (Wildman–Crippen MR) is 137 cm³/mol. The molecule has 0 spiro atoms. The van der Waals surface area contributed by atoms with Gasteiger partial charge in [-0.1, -0.05) is 35.3 Å². The van der Waals surface area contributed by atoms with Crippen molar-refractivity contribution >= 4 is 40.8 Å². The lowest BCUT2D eigenvalue weighted by molar-refractivity contribution is -0.136. The lowest BCUT2D eigenvalue weighted by Crippen LogP contribution is -2.56. The Morgan fingerprint density at radius 3 is 2.49 bits per heavy atom. The Hall–Kier alpha value is -2.60. The summed E-state index contributed by atoms with van der Waals surface area (Å²) >= 11 is 12.3. The van der Waals surface area contributed by atoms with Crippen LogP contribution in [0.25, 0.3) is 0 Å². The van der Waals surface area contributed by atoms with Crippen LogP contribution in [0.1, 0.15) is 17.5 Å². The number of hydrogen-bond donors (Lipinski definition) is 3. The summed E-state index contributed by atoms with van der Waals surface area (Å²) in [5.41, 5.74) is 6.79. The van der Waals surface area contributed by atoms with Gasteiger partial charge in [0.2, 0.25) is 11.8 Å². The highest BCUT2D eigenvalue weighted by atomic mass is 35.5. The van der Waals surface area contributed by atoms with Crippen LogP contribution in [0.5, 0.6) is 0 Å². The third-order valence-corrected chi connectivity index (χ3v) is 6.43. The summed E-state index contributed by atoms with van der Waals surface area (Å²) in [7, 11) is 0. The van der Waals surface area contributed by atoms with Gasteiger partial charge in [-0.3, -0.25) is 9.59 Å². The maximum Gasteiger partial charge on any atom is 0.401 e. The van der Waals surface area contributed by atoms with Gasteiger partial charge in [0.05, 0.1) is 6.54 Å². The van der Waals surface area contributed by atoms with Crippen molar-refractivity contribution < 1.29 is 22.8 Å². The molecule has 2 amide bonds. The molecule has 13 heteroatoms. The number of nitrogens with zero attached hydrogens (tertiary/aromatic N) is 3. The molecule has 1 fully saturated rings. The zero-order valence-corrected chi connectivity index (χ0v) is 21.5. The first-order chi connectivity index (χ1) is 17.6. The summed E-state index contributed by atoms with van der Waals surface area (Å²) in [6, 6.07) is 7.51. The van der Waals surface area contributed by atoms with E-state index in [9.17, 15) is 22.8 Å². The van der Waals surface area contributed by atoms with Crippen LogP contribution in [0.4, 0.5) is 19.0 Å². The van der Waals surface area contributed by atoms with Crippen LogP contribution < -0.4 is 21.3 Å². The number of pyridine rings is 1. The number of carbonyl (C=O) groups is 2. The first-order valence-electron chi connectivity index (χ1n) is 11.8. The van der Waals surface area contributed by atoms with Crippen LogP contribution in [0.3, 0.4) is 0 Å². The van der Waals surface area contributed by atoms with E-state index in [1.54, 1.807) is 41.4 Å². The Labute approximate surface area is 223 Å². The second-order valence-electron chi connectivity index (χ2n) is 8.62. The van der Waals surface area contributed by atoms with Crippen molar-refractivity contribution in [2.24, 2.45) is 5.73 Å². The van der Waals surface area contributed by atoms with Crippen LogP contribution in [-0.2, 0) is 22.6 Å². The molecule has 1 aromatic heterocycles. The molecular formula is C24H29Cl2F3N6O2. The van der Waals surface area contributed by atoms with Gasteiger partial charge in [0.25, 0.3) is 0 Å². The fourth-order valence-corrected chi connectivity index (χ4v) is 4.54. The number of aromatic nitrogens is 1. The molecule has 37 heavy (non-hydrogen) atoms. The van der Waals surface area contributed by atoms with Gasteiger partial charge in [-0.05, 0) is 23.8 Å². The Kier molecular flexibility index (Phi) is 10.4. The van der Waals surface area contributed by atoms with Crippen molar-refractivity contribution in [3.8, 4) is 0 Å². The van der Waals surface area contributed by atoms with E-state index < -0.39 is 18.8 Å². The first kappa shape index (κ1) is 29.0. The average molecular weight is 561 g/mol. The fourth-order valence-electron chi connectivity index (χ4n) is 4.06. The monoisotopic (exact) mass is 560 g/mol. The van der Waals surface area contributed by atoms with Crippen LogP contribution in [0.15, 0.2) is 36.5 Å². The number of hydrogen-bond acceptors (Lipinski definition) is 6. The minimum Gasteiger partial charge on any atom is -0.353 e. The molecule has 0 bridgehead atoms. The third-order valence-electron chi connectivity index (χ3n) is 5.84. The van der Waals surface area contributed by atoms with Gasteiger partial charge in [-0.2, -0.15) is 13.2 Å². The minimum atomic E-state index is -4.30. The van der Waals surface area contributed by atoms with Gasteiger partial charge in [0, 0.05) is 73.9 Å². The molecule has 0 unspecified atom stereocenters. The quantitative estimate of drug-likeness (QED) is 0.413. The molecule has 0 aliphatic carbocycles. The first-order valence-corrected chi connectivity index (χ1v) is 12.5. The van der Waals surface area contributed by atoms with Crippen molar-refractivity contribution in [2.45, 2.75) is 31.6 Å². The number of nitrogens with two attached hydrogens (primary N) is 1. The maximum atomic E-state index is 13.4. The SMILES string of the molecule is NCCC(=O)N[C@H](Cc1ccc(Cl)cc1Cl)C(=O)N1CCN(c2ncccc2CNCC(F)(F)F)CC1. The van der Waals surface area contributed by atoms with Crippen molar-refractivity contribution in [2.75, 3.05) is 44.2 Å². The number of piperazine rings is 1. The van der Waals surface area contributed by atoms with Gasteiger partial charge >= 0.3 is 6.18 Å². The fraction of sp³-hybridized carbons (Fsp3) is 0.458. The number of alkyl halides is 3. The molecule has 1 aliphatic rings. The predicted octanol–water partition coefficient (Wildman–Crippen LogP) is 2.77. The molecule has 1 saturated heterocycles. The van der Waals surface area contributed by atoms with E-state index in [4.69, 9.17) is 28.9 Å². The summed E-state index contributed by atoms with van der Waals surface area (Å²) in [5.74, 6) is -0.0248. The molecule has 2 heterocycles. The molecule has 0 saturated carbocycles. The molecule has 8 nitrogen and oxygen atoms in total. The Balaban J connectivity index is 1.67. The van der Waals surface area contributed by atoms with E-state index >= 15 is 0 Å². The molecule has 1 aliphatic heterocycles. The zero-order valence-electron chi connectivity index (χ0n) is 20.0. The van der Waals surface area contributed by atoms with E-state index in [1.165, 1.54) is 0 Å². The maximum absolute atomic E-state index is 13.4. The Morgan fingerprint density at radius 1 is 1.11 bits per heavy atom. The molecule has 1 atom stereocenters. The number of halogens is 5. The normalized spacial score (nSPS) is 15.0. The van der Waals surface area contributed by atoms with Gasteiger partial charge in [0.15, 0.2) is 0 Å². The number of nitrogens with one attached hydrogen (secondary N) is 2. The second kappa shape index (κ2) is 13.3. The van der Waals surface area contributed by atoms with Gasteiger partial charge < -0.3 is 26.2 Å². The summed E-state index contributed by atoms with van der Waals surface area (Å²) in [6.45, 7) is 0.625. The van der Waals surface area contributed by atoms with Gasteiger partial charge in [-0.15, -0.1) is 0 Å². The average Bonchev–Trinajstić information content (AvgIpc) is 2.84. The molecule has 0 radical (unpaired) electrons. The highest BCUT2D eigenvalue weighted by Crippen LogP contribution is 2.24. The molecule has 1 aromatic carbocycles. The van der Waals surface area contributed by atoms with E-state index in [2.05, 4.69) is 15.6 Å². The molecule has 4 N–H and O–H groups in total. The number of amides is 2. The van der Waals surface area contributed by atoms with Crippen molar-refractivity contribution in [1.82, 2.24) is 20.5 Å². The molecule has 202 valence electrons. The van der Waals surface area contributed by atoms with E-state index in [0.29, 0.717) is 53.2 Å². The van der Waals surface area contributed by atoms with Crippen molar-refractivity contribution in [3.05, 3.63) is 57.7 Å². The van der Waals surface area contributed by atoms with Crippen LogP contribution in [0.2, 0.25) is 10.0 Å². The lowest BCUT2D eigenvalue weighted by atomic mass is 10.0. The van der Waals surface area contributed by atoms with Crippen molar-refractivity contribution in [3.63, 3.8) is 0 Å². The van der Waals surface area contributed by atoms with Crippen LogP contribution in [-0.4, -0.2) is 73.2 Å².